The standard InChI is InChI=1S/C11H13F2NO2S/c12-9-2-1-8(11(13)6-9)5-10-7-14-3-4-17(10,15)16/h1-2,6,10,14H,3-5,7H2. The average Bonchev–Trinajstić information content (AvgIpc) is 2.24. The summed E-state index contributed by atoms with van der Waals surface area (Å²) in [4.78, 5) is 0. The molecule has 1 N–H and O–H groups in total. The van der Waals surface area contributed by atoms with Gasteiger partial charge in [0.15, 0.2) is 9.84 Å². The van der Waals surface area contributed by atoms with E-state index in [1.807, 2.05) is 0 Å². The summed E-state index contributed by atoms with van der Waals surface area (Å²) >= 11 is 0. The third-order valence-electron chi connectivity index (χ3n) is 2.91. The number of benzene rings is 1. The molecule has 1 aromatic carbocycles. The van der Waals surface area contributed by atoms with Gasteiger partial charge in [0.1, 0.15) is 11.6 Å². The summed E-state index contributed by atoms with van der Waals surface area (Å²) in [6.07, 6.45) is 0.0848. The molecule has 0 spiro atoms. The summed E-state index contributed by atoms with van der Waals surface area (Å²) in [5.41, 5.74) is 0.240. The van der Waals surface area contributed by atoms with Crippen molar-refractivity contribution in [2.75, 3.05) is 18.8 Å². The molecule has 1 heterocycles. The molecule has 6 heteroatoms. The molecule has 0 bridgehead atoms. The molecule has 1 saturated heterocycles. The molecule has 17 heavy (non-hydrogen) atoms. The normalized spacial score (nSPS) is 23.5. The minimum Gasteiger partial charge on any atom is -0.314 e. The van der Waals surface area contributed by atoms with Gasteiger partial charge < -0.3 is 5.32 Å². The van der Waals surface area contributed by atoms with Crippen LogP contribution in [-0.4, -0.2) is 32.5 Å². The first-order chi connectivity index (χ1) is 7.99. The van der Waals surface area contributed by atoms with Crippen LogP contribution in [0.15, 0.2) is 18.2 Å². The minimum atomic E-state index is -3.17. The lowest BCUT2D eigenvalue weighted by Crippen LogP contribution is -2.45. The summed E-state index contributed by atoms with van der Waals surface area (Å²) in [7, 11) is -3.17. The Labute approximate surface area is 98.8 Å². The summed E-state index contributed by atoms with van der Waals surface area (Å²) in [6, 6.07) is 3.22. The summed E-state index contributed by atoms with van der Waals surface area (Å²) in [5, 5.41) is 2.34. The Morgan fingerprint density at radius 1 is 1.35 bits per heavy atom. The van der Waals surface area contributed by atoms with Crippen molar-refractivity contribution < 1.29 is 17.2 Å². The molecule has 2 rings (SSSR count). The van der Waals surface area contributed by atoms with Gasteiger partial charge in [0.05, 0.1) is 11.0 Å². The maximum Gasteiger partial charge on any atom is 0.155 e. The van der Waals surface area contributed by atoms with Crippen molar-refractivity contribution in [2.24, 2.45) is 0 Å². The number of hydrogen-bond acceptors (Lipinski definition) is 3. The first-order valence-corrected chi connectivity index (χ1v) is 7.07. The number of nitrogens with one attached hydrogen (secondary N) is 1. The van der Waals surface area contributed by atoms with Gasteiger partial charge in [-0.1, -0.05) is 6.07 Å². The second-order valence-electron chi connectivity index (χ2n) is 4.13. The van der Waals surface area contributed by atoms with E-state index in [1.165, 1.54) is 6.07 Å². The highest BCUT2D eigenvalue weighted by molar-refractivity contribution is 7.92. The van der Waals surface area contributed by atoms with E-state index < -0.39 is 26.7 Å². The molecule has 1 aliphatic rings. The smallest absolute Gasteiger partial charge is 0.155 e. The van der Waals surface area contributed by atoms with Crippen molar-refractivity contribution in [1.29, 1.82) is 0 Å². The Kier molecular flexibility index (Phi) is 3.44. The Hall–Kier alpha value is -1.01. The third kappa shape index (κ3) is 2.81. The fraction of sp³-hybridized carbons (Fsp3) is 0.455. The van der Waals surface area contributed by atoms with Crippen LogP contribution < -0.4 is 5.32 Å². The Balaban J connectivity index is 2.20. The fourth-order valence-electron chi connectivity index (χ4n) is 1.90. The highest BCUT2D eigenvalue weighted by atomic mass is 32.2. The lowest BCUT2D eigenvalue weighted by Gasteiger charge is -2.23. The van der Waals surface area contributed by atoms with E-state index >= 15 is 0 Å². The molecule has 0 saturated carbocycles. The zero-order valence-corrected chi connectivity index (χ0v) is 9.93. The van der Waals surface area contributed by atoms with Gasteiger partial charge in [0.25, 0.3) is 0 Å². The van der Waals surface area contributed by atoms with Crippen molar-refractivity contribution in [3.8, 4) is 0 Å². The van der Waals surface area contributed by atoms with Gasteiger partial charge in [-0.05, 0) is 18.1 Å². The molecular formula is C11H13F2NO2S. The molecule has 1 atom stereocenters. The largest absolute Gasteiger partial charge is 0.314 e. The Morgan fingerprint density at radius 2 is 2.12 bits per heavy atom. The molecule has 1 fully saturated rings. The Morgan fingerprint density at radius 3 is 2.76 bits per heavy atom. The lowest BCUT2D eigenvalue weighted by molar-refractivity contribution is 0.534. The van der Waals surface area contributed by atoms with E-state index in [-0.39, 0.29) is 17.7 Å². The predicted octanol–water partition coefficient (Wildman–Crippen LogP) is 0.894. The summed E-state index contributed by atoms with van der Waals surface area (Å²) in [5.74, 6) is -1.28. The molecule has 1 aliphatic heterocycles. The van der Waals surface area contributed by atoms with Crippen LogP contribution in [0.2, 0.25) is 0 Å². The Bertz CT molecular complexity index is 516. The number of hydrogen-bond donors (Lipinski definition) is 1. The molecule has 0 aromatic heterocycles. The quantitative estimate of drug-likeness (QED) is 0.860. The molecule has 3 nitrogen and oxygen atoms in total. The predicted molar refractivity (Wildman–Crippen MR) is 60.5 cm³/mol. The van der Waals surface area contributed by atoms with Crippen molar-refractivity contribution in [1.82, 2.24) is 5.32 Å². The van der Waals surface area contributed by atoms with Crippen molar-refractivity contribution in [3.05, 3.63) is 35.4 Å². The maximum atomic E-state index is 13.4. The van der Waals surface area contributed by atoms with Crippen molar-refractivity contribution >= 4 is 9.84 Å². The van der Waals surface area contributed by atoms with Crippen LogP contribution in [0.1, 0.15) is 5.56 Å². The highest BCUT2D eigenvalue weighted by Crippen LogP contribution is 2.16. The second kappa shape index (κ2) is 4.70. The fourth-order valence-corrected chi connectivity index (χ4v) is 3.47. The number of rotatable bonds is 2. The van der Waals surface area contributed by atoms with Crippen LogP contribution in [0.25, 0.3) is 0 Å². The van der Waals surface area contributed by atoms with E-state index in [2.05, 4.69) is 5.32 Å². The lowest BCUT2D eigenvalue weighted by atomic mass is 10.1. The van der Waals surface area contributed by atoms with Crippen LogP contribution in [0.3, 0.4) is 0 Å². The van der Waals surface area contributed by atoms with Gasteiger partial charge in [-0.25, -0.2) is 17.2 Å². The zero-order valence-electron chi connectivity index (χ0n) is 9.12. The van der Waals surface area contributed by atoms with Crippen LogP contribution in [-0.2, 0) is 16.3 Å². The van der Waals surface area contributed by atoms with Gasteiger partial charge in [0, 0.05) is 19.2 Å². The summed E-state index contributed by atoms with van der Waals surface area (Å²) in [6.45, 7) is 0.754. The molecule has 0 aliphatic carbocycles. The molecular weight excluding hydrogens is 248 g/mol. The molecule has 1 aromatic rings. The van der Waals surface area contributed by atoms with E-state index in [9.17, 15) is 17.2 Å². The van der Waals surface area contributed by atoms with Gasteiger partial charge >= 0.3 is 0 Å². The zero-order chi connectivity index (χ0) is 12.5. The number of sulfone groups is 1. The van der Waals surface area contributed by atoms with Crippen LogP contribution >= 0.6 is 0 Å². The first-order valence-electron chi connectivity index (χ1n) is 5.35. The minimum absolute atomic E-state index is 0.0699. The molecule has 1 unspecified atom stereocenters. The van der Waals surface area contributed by atoms with Crippen LogP contribution in [0.5, 0.6) is 0 Å². The molecule has 0 radical (unpaired) electrons. The van der Waals surface area contributed by atoms with Gasteiger partial charge in [-0.15, -0.1) is 0 Å². The average molecular weight is 261 g/mol. The second-order valence-corrected chi connectivity index (χ2v) is 6.53. The highest BCUT2D eigenvalue weighted by Gasteiger charge is 2.29. The van der Waals surface area contributed by atoms with Gasteiger partial charge in [0.2, 0.25) is 0 Å². The topological polar surface area (TPSA) is 46.2 Å². The van der Waals surface area contributed by atoms with Gasteiger partial charge in [-0.2, -0.15) is 0 Å². The van der Waals surface area contributed by atoms with E-state index in [0.717, 1.165) is 12.1 Å². The summed E-state index contributed by atoms with van der Waals surface area (Å²) < 4.78 is 49.6. The van der Waals surface area contributed by atoms with Gasteiger partial charge in [-0.3, -0.25) is 0 Å². The monoisotopic (exact) mass is 261 g/mol. The van der Waals surface area contributed by atoms with Crippen LogP contribution in [0.4, 0.5) is 8.78 Å². The van der Waals surface area contributed by atoms with Crippen molar-refractivity contribution in [2.45, 2.75) is 11.7 Å². The molecule has 94 valence electrons. The van der Waals surface area contributed by atoms with E-state index in [0.29, 0.717) is 13.1 Å². The first kappa shape index (κ1) is 12.4. The maximum absolute atomic E-state index is 13.4. The van der Waals surface area contributed by atoms with Crippen molar-refractivity contribution in [3.63, 3.8) is 0 Å². The van der Waals surface area contributed by atoms with Crippen LogP contribution in [0, 0.1) is 11.6 Å². The SMILES string of the molecule is O=S1(=O)CCNCC1Cc1ccc(F)cc1F. The number of halogens is 2. The van der Waals surface area contributed by atoms with E-state index in [1.54, 1.807) is 0 Å². The van der Waals surface area contributed by atoms with E-state index in [4.69, 9.17) is 0 Å². The third-order valence-corrected chi connectivity index (χ3v) is 5.03. The molecule has 0 amide bonds.